The van der Waals surface area contributed by atoms with Gasteiger partial charge in [0, 0.05) is 22.7 Å². The third-order valence-corrected chi connectivity index (χ3v) is 3.46. The summed E-state index contributed by atoms with van der Waals surface area (Å²) in [4.78, 5) is 12.6. The molecule has 1 atom stereocenters. The van der Waals surface area contributed by atoms with Crippen molar-refractivity contribution in [2.75, 3.05) is 6.79 Å². The highest BCUT2D eigenvalue weighted by atomic mass is 35.5. The van der Waals surface area contributed by atoms with E-state index in [9.17, 15) is 4.79 Å². The van der Waals surface area contributed by atoms with E-state index in [1.54, 1.807) is 42.5 Å². The molecular weight excluding hydrogens is 290 g/mol. The average molecular weight is 306 g/mol. The number of carbonyl (C=O) groups excluding carboxylic acids is 1. The van der Waals surface area contributed by atoms with E-state index in [1.807, 2.05) is 6.07 Å². The van der Waals surface area contributed by atoms with Crippen molar-refractivity contribution in [3.8, 4) is 0 Å². The number of nitrogens with two attached hydrogens (primary N) is 1. The molecule has 0 amide bonds. The van der Waals surface area contributed by atoms with Crippen LogP contribution in [-0.2, 0) is 11.3 Å². The number of aliphatic hydroxyl groups is 1. The monoisotopic (exact) mass is 305 g/mol. The zero-order chi connectivity index (χ0) is 15.2. The van der Waals surface area contributed by atoms with Crippen molar-refractivity contribution in [1.82, 2.24) is 0 Å². The van der Waals surface area contributed by atoms with E-state index in [0.29, 0.717) is 22.7 Å². The second-order valence-corrected chi connectivity index (χ2v) is 4.87. The Labute approximate surface area is 128 Å². The average Bonchev–Trinajstić information content (AvgIpc) is 2.53. The Kier molecular flexibility index (Phi) is 5.47. The molecule has 0 aliphatic rings. The molecular formula is C16H16ClNO3. The van der Waals surface area contributed by atoms with Gasteiger partial charge in [0.1, 0.15) is 12.9 Å². The van der Waals surface area contributed by atoms with Gasteiger partial charge in [-0.05, 0) is 17.7 Å². The van der Waals surface area contributed by atoms with Crippen molar-refractivity contribution < 1.29 is 14.6 Å². The molecule has 2 aromatic rings. The number of ketones is 1. The molecule has 0 radical (unpaired) electrons. The number of ether oxygens (including phenoxy) is 1. The molecule has 0 aromatic heterocycles. The topological polar surface area (TPSA) is 72.6 Å². The van der Waals surface area contributed by atoms with Crippen LogP contribution < -0.4 is 5.73 Å². The molecule has 0 aliphatic heterocycles. The normalized spacial score (nSPS) is 12.1. The first-order valence-corrected chi connectivity index (χ1v) is 6.85. The maximum absolute atomic E-state index is 12.6. The number of hydrogen-bond donors (Lipinski definition) is 2. The van der Waals surface area contributed by atoms with Crippen LogP contribution in [0.25, 0.3) is 0 Å². The fourth-order valence-corrected chi connectivity index (χ4v) is 2.31. The number of carbonyl (C=O) groups is 1. The summed E-state index contributed by atoms with van der Waals surface area (Å²) in [5, 5.41) is 9.46. The number of hydrogen-bond acceptors (Lipinski definition) is 4. The van der Waals surface area contributed by atoms with Gasteiger partial charge < -0.3 is 15.6 Å². The molecule has 2 aromatic carbocycles. The number of aliphatic hydroxyl groups excluding tert-OH is 1. The lowest BCUT2D eigenvalue weighted by Crippen LogP contribution is -2.18. The summed E-state index contributed by atoms with van der Waals surface area (Å²) in [6.07, 6.45) is -0.947. The number of Topliss-reactive ketones (excluding diaryl/α,β-unsaturated/α-hetero) is 1. The fraction of sp³-hybridized carbons (Fsp3) is 0.188. The molecule has 2 rings (SSSR count). The zero-order valence-corrected chi connectivity index (χ0v) is 12.1. The molecule has 0 fully saturated rings. The van der Waals surface area contributed by atoms with Crippen LogP contribution in [0.3, 0.4) is 0 Å². The molecule has 4 nitrogen and oxygen atoms in total. The van der Waals surface area contributed by atoms with Crippen molar-refractivity contribution in [2.45, 2.75) is 12.6 Å². The number of benzene rings is 2. The van der Waals surface area contributed by atoms with Gasteiger partial charge in [0.15, 0.2) is 5.78 Å². The molecule has 0 heterocycles. The Balaban J connectivity index is 2.38. The minimum Gasteiger partial charge on any atom is -0.371 e. The van der Waals surface area contributed by atoms with Crippen molar-refractivity contribution >= 4 is 17.4 Å². The number of halogens is 1. The van der Waals surface area contributed by atoms with Crippen LogP contribution in [0.2, 0.25) is 5.02 Å². The summed E-state index contributed by atoms with van der Waals surface area (Å²) in [5.74, 6) is -0.271. The molecule has 21 heavy (non-hydrogen) atoms. The molecule has 0 saturated heterocycles. The van der Waals surface area contributed by atoms with Crippen molar-refractivity contribution in [1.29, 1.82) is 0 Å². The molecule has 110 valence electrons. The second-order valence-electron chi connectivity index (χ2n) is 4.47. The lowest BCUT2D eigenvalue weighted by Gasteiger charge is -2.17. The van der Waals surface area contributed by atoms with Gasteiger partial charge in [0.05, 0.1) is 0 Å². The van der Waals surface area contributed by atoms with Crippen LogP contribution in [0.15, 0.2) is 48.5 Å². The second kappa shape index (κ2) is 7.33. The van der Waals surface area contributed by atoms with Crippen molar-refractivity contribution in [3.63, 3.8) is 0 Å². The first-order chi connectivity index (χ1) is 10.2. The molecule has 0 spiro atoms. The molecule has 1 unspecified atom stereocenters. The quantitative estimate of drug-likeness (QED) is 0.636. The Bertz CT molecular complexity index is 630. The largest absolute Gasteiger partial charge is 0.371 e. The van der Waals surface area contributed by atoms with Gasteiger partial charge >= 0.3 is 0 Å². The highest BCUT2D eigenvalue weighted by molar-refractivity contribution is 6.31. The van der Waals surface area contributed by atoms with Gasteiger partial charge in [-0.25, -0.2) is 0 Å². The van der Waals surface area contributed by atoms with E-state index >= 15 is 0 Å². The first kappa shape index (κ1) is 15.7. The Morgan fingerprint density at radius 1 is 1.24 bits per heavy atom. The van der Waals surface area contributed by atoms with Crippen LogP contribution >= 0.6 is 11.6 Å². The standard InChI is InChI=1S/C16H16ClNO3/c17-14-7-2-1-6-13(14)16(21-10-19)15(20)12-5-3-4-11(8-12)9-18/h1-8,16,19H,9-10,18H2. The first-order valence-electron chi connectivity index (χ1n) is 6.47. The minimum absolute atomic E-state index is 0.271. The van der Waals surface area contributed by atoms with Gasteiger partial charge in [-0.15, -0.1) is 0 Å². The summed E-state index contributed by atoms with van der Waals surface area (Å²) in [7, 11) is 0. The third-order valence-electron chi connectivity index (χ3n) is 3.11. The van der Waals surface area contributed by atoms with Crippen LogP contribution in [0.1, 0.15) is 27.6 Å². The summed E-state index contributed by atoms with van der Waals surface area (Å²) in [6, 6.07) is 13.9. The number of rotatable bonds is 6. The van der Waals surface area contributed by atoms with Crippen LogP contribution in [0.5, 0.6) is 0 Å². The Morgan fingerprint density at radius 3 is 2.67 bits per heavy atom. The van der Waals surface area contributed by atoms with E-state index < -0.39 is 12.9 Å². The van der Waals surface area contributed by atoms with Gasteiger partial charge in [0.2, 0.25) is 0 Å². The molecule has 0 aliphatic carbocycles. The highest BCUT2D eigenvalue weighted by Gasteiger charge is 2.24. The third kappa shape index (κ3) is 3.68. The van der Waals surface area contributed by atoms with Crippen LogP contribution in [0.4, 0.5) is 0 Å². The van der Waals surface area contributed by atoms with Gasteiger partial charge in [-0.2, -0.15) is 0 Å². The summed E-state index contributed by atoms with van der Waals surface area (Å²) in [6.45, 7) is -0.225. The predicted molar refractivity (Wildman–Crippen MR) is 81.0 cm³/mol. The molecule has 0 bridgehead atoms. The summed E-state index contributed by atoms with van der Waals surface area (Å²) in [5.41, 5.74) is 7.43. The van der Waals surface area contributed by atoms with Crippen LogP contribution in [-0.4, -0.2) is 17.7 Å². The lowest BCUT2D eigenvalue weighted by atomic mass is 9.98. The molecule has 3 N–H and O–H groups in total. The molecule has 0 saturated carbocycles. The van der Waals surface area contributed by atoms with Gasteiger partial charge in [-0.3, -0.25) is 4.79 Å². The van der Waals surface area contributed by atoms with Crippen molar-refractivity contribution in [3.05, 3.63) is 70.2 Å². The Hall–Kier alpha value is -1.72. The van der Waals surface area contributed by atoms with Gasteiger partial charge in [-0.1, -0.05) is 48.0 Å². The molecule has 5 heteroatoms. The van der Waals surface area contributed by atoms with Crippen LogP contribution in [0, 0.1) is 0 Å². The maximum Gasteiger partial charge on any atom is 0.196 e. The summed E-state index contributed by atoms with van der Waals surface area (Å²) < 4.78 is 5.19. The van der Waals surface area contributed by atoms with E-state index in [-0.39, 0.29) is 5.78 Å². The van der Waals surface area contributed by atoms with E-state index in [4.69, 9.17) is 27.2 Å². The fourth-order valence-electron chi connectivity index (χ4n) is 2.07. The van der Waals surface area contributed by atoms with E-state index in [1.165, 1.54) is 0 Å². The van der Waals surface area contributed by atoms with Gasteiger partial charge in [0.25, 0.3) is 0 Å². The maximum atomic E-state index is 12.6. The smallest absolute Gasteiger partial charge is 0.196 e. The summed E-state index contributed by atoms with van der Waals surface area (Å²) >= 11 is 6.11. The minimum atomic E-state index is -0.947. The lowest BCUT2D eigenvalue weighted by molar-refractivity contribution is -0.0394. The van der Waals surface area contributed by atoms with Crippen molar-refractivity contribution in [2.24, 2.45) is 5.73 Å². The van der Waals surface area contributed by atoms with E-state index in [0.717, 1.165) is 5.56 Å². The zero-order valence-electron chi connectivity index (χ0n) is 11.3. The predicted octanol–water partition coefficient (Wildman–Crippen LogP) is 2.69. The SMILES string of the molecule is NCc1cccc(C(=O)C(OCO)c2ccccc2Cl)c1. The Morgan fingerprint density at radius 2 is 2.00 bits per heavy atom. The van der Waals surface area contributed by atoms with E-state index in [2.05, 4.69) is 0 Å². The highest BCUT2D eigenvalue weighted by Crippen LogP contribution is 2.28.